The molecule has 1 fully saturated rings. The molecule has 3 heteroatoms. The van der Waals surface area contributed by atoms with Gasteiger partial charge in [0.15, 0.2) is 0 Å². The van der Waals surface area contributed by atoms with Crippen molar-refractivity contribution in [2.45, 2.75) is 39.2 Å². The Balaban J connectivity index is 1.86. The Bertz CT molecular complexity index is 436. The van der Waals surface area contributed by atoms with Crippen LogP contribution >= 0.6 is 0 Å². The monoisotopic (exact) mass is 246 g/mol. The van der Waals surface area contributed by atoms with Gasteiger partial charge in [-0.25, -0.2) is 0 Å². The Hall–Kier alpha value is -1.35. The molecule has 0 atom stereocenters. The summed E-state index contributed by atoms with van der Waals surface area (Å²) in [7, 11) is 0. The van der Waals surface area contributed by atoms with E-state index in [0.717, 1.165) is 12.5 Å². The highest BCUT2D eigenvalue weighted by molar-refractivity contribution is 5.80. The fraction of sp³-hybridized carbons (Fsp3) is 0.533. The molecule has 1 aromatic rings. The molecule has 3 nitrogen and oxygen atoms in total. The maximum atomic E-state index is 11.2. The molecule has 1 saturated carbocycles. The average Bonchev–Trinajstić information content (AvgIpc) is 3.13. The van der Waals surface area contributed by atoms with Crippen LogP contribution in [0.3, 0.4) is 0 Å². The molecule has 0 bridgehead atoms. The van der Waals surface area contributed by atoms with Gasteiger partial charge in [-0.15, -0.1) is 0 Å². The number of carbonyl (C=O) groups is 1. The zero-order valence-electron chi connectivity index (χ0n) is 11.2. The van der Waals surface area contributed by atoms with Crippen LogP contribution in [0.1, 0.15) is 43.7 Å². The first kappa shape index (κ1) is 13.1. The van der Waals surface area contributed by atoms with Crippen LogP contribution in [0.25, 0.3) is 0 Å². The summed E-state index contributed by atoms with van der Waals surface area (Å²) in [6, 6.07) is 8.70. The van der Waals surface area contributed by atoms with Crippen LogP contribution in [0.4, 0.5) is 0 Å². The third-order valence-electron chi connectivity index (χ3n) is 3.56. The number of hydrogen-bond donors (Lipinski definition) is 2. The lowest BCUT2D eigenvalue weighted by molar-refractivity contribution is -0.125. The van der Waals surface area contributed by atoms with Gasteiger partial charge in [0, 0.05) is 13.1 Å². The summed E-state index contributed by atoms with van der Waals surface area (Å²) in [5.41, 5.74) is 7.58. The van der Waals surface area contributed by atoms with E-state index in [-0.39, 0.29) is 5.91 Å². The first-order chi connectivity index (χ1) is 8.49. The van der Waals surface area contributed by atoms with E-state index in [0.29, 0.717) is 6.54 Å². The number of hydrogen-bond acceptors (Lipinski definition) is 2. The summed E-state index contributed by atoms with van der Waals surface area (Å²) in [5.74, 6) is 0.522. The van der Waals surface area contributed by atoms with E-state index in [4.69, 9.17) is 5.73 Å². The molecule has 1 aliphatic rings. The van der Waals surface area contributed by atoms with Crippen molar-refractivity contribution in [1.29, 1.82) is 0 Å². The molecule has 0 heterocycles. The second-order valence-electron chi connectivity index (χ2n) is 5.87. The van der Waals surface area contributed by atoms with Crippen molar-refractivity contribution < 1.29 is 4.79 Å². The molecule has 1 aliphatic carbocycles. The van der Waals surface area contributed by atoms with Crippen molar-refractivity contribution in [2.75, 3.05) is 6.54 Å². The number of nitrogens with one attached hydrogen (secondary N) is 1. The number of carbonyl (C=O) groups excluding carboxylic acids is 1. The van der Waals surface area contributed by atoms with Crippen LogP contribution in [-0.2, 0) is 11.3 Å². The Morgan fingerprint density at radius 1 is 1.44 bits per heavy atom. The Kier molecular flexibility index (Phi) is 3.71. The fourth-order valence-electron chi connectivity index (χ4n) is 1.98. The molecule has 0 aliphatic heterocycles. The topological polar surface area (TPSA) is 55.1 Å². The zero-order valence-corrected chi connectivity index (χ0v) is 11.2. The van der Waals surface area contributed by atoms with E-state index in [1.54, 1.807) is 0 Å². The summed E-state index contributed by atoms with van der Waals surface area (Å²) in [6.45, 7) is 5.12. The fourth-order valence-corrected chi connectivity index (χ4v) is 1.98. The Morgan fingerprint density at radius 2 is 2.17 bits per heavy atom. The molecule has 0 aromatic heterocycles. The molecule has 98 valence electrons. The van der Waals surface area contributed by atoms with Gasteiger partial charge in [-0.05, 0) is 43.7 Å². The van der Waals surface area contributed by atoms with E-state index in [1.807, 2.05) is 13.8 Å². The molecule has 1 amide bonds. The van der Waals surface area contributed by atoms with Crippen molar-refractivity contribution >= 4 is 5.91 Å². The van der Waals surface area contributed by atoms with Gasteiger partial charge in [0.2, 0.25) is 5.91 Å². The number of rotatable bonds is 6. The van der Waals surface area contributed by atoms with Crippen LogP contribution in [-0.4, -0.2) is 12.5 Å². The second kappa shape index (κ2) is 5.11. The maximum absolute atomic E-state index is 11.2. The van der Waals surface area contributed by atoms with Gasteiger partial charge < -0.3 is 11.1 Å². The summed E-state index contributed by atoms with van der Waals surface area (Å²) in [6.07, 6.45) is 2.65. The van der Waals surface area contributed by atoms with Gasteiger partial charge in [-0.1, -0.05) is 24.3 Å². The predicted octanol–water partition coefficient (Wildman–Crippen LogP) is 2.17. The molecule has 18 heavy (non-hydrogen) atoms. The Labute approximate surface area is 109 Å². The molecule has 2 rings (SSSR count). The van der Waals surface area contributed by atoms with Gasteiger partial charge in [0.25, 0.3) is 0 Å². The van der Waals surface area contributed by atoms with Crippen molar-refractivity contribution in [2.24, 2.45) is 11.1 Å². The lowest BCUT2D eigenvalue weighted by Gasteiger charge is -2.20. The smallest absolute Gasteiger partial charge is 0.224 e. The van der Waals surface area contributed by atoms with Gasteiger partial charge in [0.05, 0.1) is 5.41 Å². The predicted molar refractivity (Wildman–Crippen MR) is 73.1 cm³/mol. The minimum absolute atomic E-state index is 0.262. The van der Waals surface area contributed by atoms with Gasteiger partial charge in [-0.3, -0.25) is 4.79 Å². The van der Waals surface area contributed by atoms with E-state index in [9.17, 15) is 4.79 Å². The highest BCUT2D eigenvalue weighted by Gasteiger charge is 2.25. The minimum atomic E-state index is -0.492. The van der Waals surface area contributed by atoms with Crippen molar-refractivity contribution in [3.63, 3.8) is 0 Å². The SMILES string of the molecule is CC(C)(CNCc1cccc(C2CC2)c1)C(N)=O. The van der Waals surface area contributed by atoms with Gasteiger partial charge in [0.1, 0.15) is 0 Å². The van der Waals surface area contributed by atoms with Gasteiger partial charge >= 0.3 is 0 Å². The largest absolute Gasteiger partial charge is 0.369 e. The quantitative estimate of drug-likeness (QED) is 0.808. The summed E-state index contributed by atoms with van der Waals surface area (Å²) >= 11 is 0. The number of benzene rings is 1. The molecule has 0 radical (unpaired) electrons. The summed E-state index contributed by atoms with van der Waals surface area (Å²) in [4.78, 5) is 11.2. The van der Waals surface area contributed by atoms with Crippen molar-refractivity contribution in [1.82, 2.24) is 5.32 Å². The van der Waals surface area contributed by atoms with Crippen LogP contribution in [0, 0.1) is 5.41 Å². The van der Waals surface area contributed by atoms with Crippen LogP contribution in [0.5, 0.6) is 0 Å². The number of primary amides is 1. The zero-order chi connectivity index (χ0) is 13.2. The lowest BCUT2D eigenvalue weighted by Crippen LogP contribution is -2.40. The Morgan fingerprint density at radius 3 is 2.78 bits per heavy atom. The second-order valence-corrected chi connectivity index (χ2v) is 5.87. The molecule has 3 N–H and O–H groups in total. The molecular formula is C15H22N2O. The standard InChI is InChI=1S/C15H22N2O/c1-15(2,14(16)18)10-17-9-11-4-3-5-13(8-11)12-6-7-12/h3-5,8,12,17H,6-7,9-10H2,1-2H3,(H2,16,18). The summed E-state index contributed by atoms with van der Waals surface area (Å²) < 4.78 is 0. The normalized spacial score (nSPS) is 15.7. The third-order valence-corrected chi connectivity index (χ3v) is 3.56. The molecular weight excluding hydrogens is 224 g/mol. The first-order valence-corrected chi connectivity index (χ1v) is 6.58. The highest BCUT2D eigenvalue weighted by Crippen LogP contribution is 2.40. The first-order valence-electron chi connectivity index (χ1n) is 6.58. The summed E-state index contributed by atoms with van der Waals surface area (Å²) in [5, 5.41) is 3.31. The third kappa shape index (κ3) is 3.33. The molecule has 0 saturated heterocycles. The maximum Gasteiger partial charge on any atom is 0.224 e. The molecule has 0 spiro atoms. The van der Waals surface area contributed by atoms with Crippen molar-refractivity contribution in [3.05, 3.63) is 35.4 Å². The lowest BCUT2D eigenvalue weighted by atomic mass is 9.92. The van der Waals surface area contributed by atoms with E-state index < -0.39 is 5.41 Å². The van der Waals surface area contributed by atoms with Crippen LogP contribution in [0.15, 0.2) is 24.3 Å². The van der Waals surface area contributed by atoms with Crippen LogP contribution in [0.2, 0.25) is 0 Å². The van der Waals surface area contributed by atoms with Crippen LogP contribution < -0.4 is 11.1 Å². The number of nitrogens with two attached hydrogens (primary N) is 1. The molecule has 1 aromatic carbocycles. The van der Waals surface area contributed by atoms with E-state index in [1.165, 1.54) is 24.0 Å². The van der Waals surface area contributed by atoms with E-state index in [2.05, 4.69) is 29.6 Å². The van der Waals surface area contributed by atoms with Crippen molar-refractivity contribution in [3.8, 4) is 0 Å². The highest BCUT2D eigenvalue weighted by atomic mass is 16.1. The van der Waals surface area contributed by atoms with E-state index >= 15 is 0 Å². The molecule has 0 unspecified atom stereocenters. The minimum Gasteiger partial charge on any atom is -0.369 e. The number of amides is 1. The van der Waals surface area contributed by atoms with Gasteiger partial charge in [-0.2, -0.15) is 0 Å². The average molecular weight is 246 g/mol.